The zero-order valence-corrected chi connectivity index (χ0v) is 10.4. The normalized spacial score (nSPS) is 30.3. The standard InChI is InChI=1S/C12H17ClN2O/c1-8-3-4-10(5-9(8)2)15-7-14-11(13)6-12(15)16/h6-10H,3-5H2,1-2H3. The van der Waals surface area contributed by atoms with Crippen LogP contribution in [0.25, 0.3) is 0 Å². The molecule has 0 radical (unpaired) electrons. The Kier molecular flexibility index (Phi) is 3.33. The van der Waals surface area contributed by atoms with Crippen LogP contribution < -0.4 is 5.56 Å². The number of hydrogen-bond acceptors (Lipinski definition) is 2. The van der Waals surface area contributed by atoms with Gasteiger partial charge in [0.2, 0.25) is 0 Å². The Bertz CT molecular complexity index is 429. The predicted octanol–water partition coefficient (Wildman–Crippen LogP) is 2.89. The second-order valence-corrected chi connectivity index (χ2v) is 5.27. The summed E-state index contributed by atoms with van der Waals surface area (Å²) in [5.74, 6) is 1.42. The van der Waals surface area contributed by atoms with Crippen molar-refractivity contribution in [2.45, 2.75) is 39.2 Å². The van der Waals surface area contributed by atoms with Gasteiger partial charge in [-0.1, -0.05) is 25.4 Å². The molecule has 0 bridgehead atoms. The van der Waals surface area contributed by atoms with Crippen molar-refractivity contribution in [1.29, 1.82) is 0 Å². The Morgan fingerprint density at radius 2 is 2.12 bits per heavy atom. The molecule has 88 valence electrons. The van der Waals surface area contributed by atoms with Crippen molar-refractivity contribution in [3.05, 3.63) is 27.9 Å². The van der Waals surface area contributed by atoms with E-state index in [-0.39, 0.29) is 10.7 Å². The summed E-state index contributed by atoms with van der Waals surface area (Å²) in [6, 6.07) is 1.69. The Morgan fingerprint density at radius 3 is 2.75 bits per heavy atom. The molecule has 0 saturated heterocycles. The fourth-order valence-corrected chi connectivity index (χ4v) is 2.57. The highest BCUT2D eigenvalue weighted by molar-refractivity contribution is 6.29. The van der Waals surface area contributed by atoms with Gasteiger partial charge in [0.05, 0.1) is 6.33 Å². The van der Waals surface area contributed by atoms with E-state index >= 15 is 0 Å². The molecule has 1 aromatic heterocycles. The first-order chi connectivity index (χ1) is 7.58. The fourth-order valence-electron chi connectivity index (χ4n) is 2.43. The van der Waals surface area contributed by atoms with Crippen molar-refractivity contribution >= 4 is 11.6 Å². The molecule has 1 saturated carbocycles. The van der Waals surface area contributed by atoms with Crippen LogP contribution in [0, 0.1) is 11.8 Å². The van der Waals surface area contributed by atoms with Crippen LogP contribution >= 0.6 is 11.6 Å². The molecule has 0 amide bonds. The quantitative estimate of drug-likeness (QED) is 0.708. The van der Waals surface area contributed by atoms with Gasteiger partial charge in [0.15, 0.2) is 0 Å². The summed E-state index contributed by atoms with van der Waals surface area (Å²) in [6.07, 6.45) is 4.89. The molecule has 3 nitrogen and oxygen atoms in total. The first kappa shape index (κ1) is 11.6. The number of rotatable bonds is 1. The van der Waals surface area contributed by atoms with Gasteiger partial charge >= 0.3 is 0 Å². The fraction of sp³-hybridized carbons (Fsp3) is 0.667. The van der Waals surface area contributed by atoms with Gasteiger partial charge in [-0.25, -0.2) is 4.98 Å². The van der Waals surface area contributed by atoms with Crippen molar-refractivity contribution in [3.8, 4) is 0 Å². The Hall–Kier alpha value is -0.830. The van der Waals surface area contributed by atoms with Crippen molar-refractivity contribution in [3.63, 3.8) is 0 Å². The molecule has 4 heteroatoms. The van der Waals surface area contributed by atoms with Crippen LogP contribution in [-0.4, -0.2) is 9.55 Å². The molecular formula is C12H17ClN2O. The van der Waals surface area contributed by atoms with Gasteiger partial charge in [-0.05, 0) is 31.1 Å². The van der Waals surface area contributed by atoms with E-state index in [2.05, 4.69) is 18.8 Å². The summed E-state index contributed by atoms with van der Waals surface area (Å²) in [7, 11) is 0. The van der Waals surface area contributed by atoms with Gasteiger partial charge < -0.3 is 0 Å². The highest BCUT2D eigenvalue weighted by Gasteiger charge is 2.26. The number of aromatic nitrogens is 2. The van der Waals surface area contributed by atoms with Gasteiger partial charge in [0.1, 0.15) is 5.15 Å². The molecule has 0 aromatic carbocycles. The smallest absolute Gasteiger partial charge is 0.255 e. The molecule has 1 heterocycles. The molecule has 3 unspecified atom stereocenters. The van der Waals surface area contributed by atoms with Gasteiger partial charge in [-0.3, -0.25) is 9.36 Å². The van der Waals surface area contributed by atoms with E-state index in [1.807, 2.05) is 0 Å². The van der Waals surface area contributed by atoms with E-state index in [9.17, 15) is 4.79 Å². The summed E-state index contributed by atoms with van der Waals surface area (Å²) >= 11 is 5.68. The van der Waals surface area contributed by atoms with Crippen LogP contribution in [0.5, 0.6) is 0 Å². The third-order valence-electron chi connectivity index (χ3n) is 3.77. The molecule has 1 fully saturated rings. The zero-order valence-electron chi connectivity index (χ0n) is 9.69. The Balaban J connectivity index is 2.22. The molecule has 0 spiro atoms. The maximum absolute atomic E-state index is 11.8. The molecule has 1 aliphatic rings. The third kappa shape index (κ3) is 2.29. The molecular weight excluding hydrogens is 224 g/mol. The summed E-state index contributed by atoms with van der Waals surface area (Å²) in [4.78, 5) is 15.8. The Morgan fingerprint density at radius 1 is 1.38 bits per heavy atom. The van der Waals surface area contributed by atoms with Crippen molar-refractivity contribution in [2.75, 3.05) is 0 Å². The van der Waals surface area contributed by atoms with Gasteiger partial charge in [0.25, 0.3) is 5.56 Å². The molecule has 0 N–H and O–H groups in total. The maximum atomic E-state index is 11.8. The van der Waals surface area contributed by atoms with Crippen LogP contribution in [0.3, 0.4) is 0 Å². The van der Waals surface area contributed by atoms with Crippen LogP contribution in [-0.2, 0) is 0 Å². The zero-order chi connectivity index (χ0) is 11.7. The summed E-state index contributed by atoms with van der Waals surface area (Å²) in [6.45, 7) is 4.54. The van der Waals surface area contributed by atoms with Crippen molar-refractivity contribution in [2.24, 2.45) is 11.8 Å². The third-order valence-corrected chi connectivity index (χ3v) is 3.97. The maximum Gasteiger partial charge on any atom is 0.255 e. The van der Waals surface area contributed by atoms with E-state index < -0.39 is 0 Å². The predicted molar refractivity (Wildman–Crippen MR) is 64.7 cm³/mol. The van der Waals surface area contributed by atoms with Crippen LogP contribution in [0.15, 0.2) is 17.2 Å². The topological polar surface area (TPSA) is 34.9 Å². The minimum absolute atomic E-state index is 0.0354. The monoisotopic (exact) mass is 240 g/mol. The van der Waals surface area contributed by atoms with E-state index in [0.717, 1.165) is 18.8 Å². The second kappa shape index (κ2) is 4.58. The second-order valence-electron chi connectivity index (χ2n) is 4.88. The van der Waals surface area contributed by atoms with Crippen LogP contribution in [0.2, 0.25) is 5.15 Å². The van der Waals surface area contributed by atoms with Crippen LogP contribution in [0.4, 0.5) is 0 Å². The van der Waals surface area contributed by atoms with Gasteiger partial charge in [0, 0.05) is 12.1 Å². The minimum atomic E-state index is -0.0354. The summed E-state index contributed by atoms with van der Waals surface area (Å²) < 4.78 is 1.73. The van der Waals surface area contributed by atoms with E-state index in [1.165, 1.54) is 12.5 Å². The molecule has 3 atom stereocenters. The first-order valence-corrected chi connectivity index (χ1v) is 6.19. The molecule has 16 heavy (non-hydrogen) atoms. The molecule has 1 aliphatic carbocycles. The average molecular weight is 241 g/mol. The number of hydrogen-bond donors (Lipinski definition) is 0. The van der Waals surface area contributed by atoms with E-state index in [1.54, 1.807) is 10.9 Å². The lowest BCUT2D eigenvalue weighted by molar-refractivity contribution is 0.207. The van der Waals surface area contributed by atoms with Gasteiger partial charge in [-0.2, -0.15) is 0 Å². The molecule has 0 aliphatic heterocycles. The highest BCUT2D eigenvalue weighted by atomic mass is 35.5. The summed E-state index contributed by atoms with van der Waals surface area (Å²) in [5.41, 5.74) is -0.0354. The largest absolute Gasteiger partial charge is 0.296 e. The lowest BCUT2D eigenvalue weighted by Crippen LogP contribution is -2.30. The highest BCUT2D eigenvalue weighted by Crippen LogP contribution is 2.35. The molecule has 1 aromatic rings. The lowest BCUT2D eigenvalue weighted by Gasteiger charge is -2.32. The molecule has 2 rings (SSSR count). The number of halogens is 1. The summed E-state index contributed by atoms with van der Waals surface area (Å²) in [5, 5.41) is 0.276. The van der Waals surface area contributed by atoms with E-state index in [0.29, 0.717) is 12.0 Å². The average Bonchev–Trinajstić information content (AvgIpc) is 2.22. The van der Waals surface area contributed by atoms with Crippen molar-refractivity contribution in [1.82, 2.24) is 9.55 Å². The van der Waals surface area contributed by atoms with Gasteiger partial charge in [-0.15, -0.1) is 0 Å². The van der Waals surface area contributed by atoms with E-state index in [4.69, 9.17) is 11.6 Å². The SMILES string of the molecule is CC1CCC(n2cnc(Cl)cc2=O)CC1C. The first-order valence-electron chi connectivity index (χ1n) is 5.81. The lowest BCUT2D eigenvalue weighted by atomic mass is 9.79. The van der Waals surface area contributed by atoms with Crippen LogP contribution in [0.1, 0.15) is 39.2 Å². The number of nitrogens with zero attached hydrogens (tertiary/aromatic N) is 2. The van der Waals surface area contributed by atoms with Crippen molar-refractivity contribution < 1.29 is 0 Å². The minimum Gasteiger partial charge on any atom is -0.296 e. The Labute approximate surface area is 100 Å².